The second-order valence-corrected chi connectivity index (χ2v) is 7.31. The lowest BCUT2D eigenvalue weighted by Gasteiger charge is -2.45. The van der Waals surface area contributed by atoms with Gasteiger partial charge in [0.25, 0.3) is 0 Å². The van der Waals surface area contributed by atoms with Crippen molar-refractivity contribution in [1.82, 2.24) is 5.32 Å². The molecule has 33 heavy (non-hydrogen) atoms. The summed E-state index contributed by atoms with van der Waals surface area (Å²) in [5, 5.41) is 23.0. The molecule has 3 atom stereocenters. The van der Waals surface area contributed by atoms with Gasteiger partial charge in [-0.25, -0.2) is 15.1 Å². The molecule has 0 saturated heterocycles. The largest absolute Gasteiger partial charge is 0.479 e. The van der Waals surface area contributed by atoms with E-state index < -0.39 is 30.0 Å². The fourth-order valence-corrected chi connectivity index (χ4v) is 3.65. The van der Waals surface area contributed by atoms with Gasteiger partial charge in [0, 0.05) is 19.8 Å². The molecule has 0 aliphatic carbocycles. The molecule has 0 bridgehead atoms. The van der Waals surface area contributed by atoms with Crippen LogP contribution in [-0.2, 0) is 14.2 Å². The van der Waals surface area contributed by atoms with Crippen molar-refractivity contribution in [3.8, 4) is 17.7 Å². The van der Waals surface area contributed by atoms with Gasteiger partial charge in [-0.05, 0) is 37.3 Å². The van der Waals surface area contributed by atoms with Gasteiger partial charge in [0.05, 0.1) is 12.7 Å². The molecule has 174 valence electrons. The zero-order valence-electron chi connectivity index (χ0n) is 18.6. The highest BCUT2D eigenvalue weighted by atomic mass is 16.7. The van der Waals surface area contributed by atoms with Gasteiger partial charge in [0.15, 0.2) is 18.1 Å². The summed E-state index contributed by atoms with van der Waals surface area (Å²) in [6, 6.07) is 12.2. The fourth-order valence-electron chi connectivity index (χ4n) is 3.65. The number of carbonyl (C=O) groups is 1. The molecule has 10 heteroatoms. The first-order valence-corrected chi connectivity index (χ1v) is 9.98. The SMILES string of the molecule is COC(=O)c1ccc2c(c1)C(N=C(NC#N)Oc1ccccc1)C(O)C(C)(C(OC)OC)O2. The minimum absolute atomic E-state index is 0.155. The van der Waals surface area contributed by atoms with Crippen LogP contribution < -0.4 is 14.8 Å². The van der Waals surface area contributed by atoms with Gasteiger partial charge in [0.2, 0.25) is 0 Å². The zero-order valence-corrected chi connectivity index (χ0v) is 18.6. The Hall–Kier alpha value is -3.65. The van der Waals surface area contributed by atoms with E-state index in [1.807, 2.05) is 6.07 Å². The second-order valence-electron chi connectivity index (χ2n) is 7.31. The number of nitrogens with zero attached hydrogens (tertiary/aromatic N) is 2. The summed E-state index contributed by atoms with van der Waals surface area (Å²) in [6.45, 7) is 1.62. The van der Waals surface area contributed by atoms with Crippen LogP contribution in [0.2, 0.25) is 0 Å². The Balaban J connectivity index is 2.13. The van der Waals surface area contributed by atoms with E-state index in [-0.39, 0.29) is 11.6 Å². The number of hydrogen-bond acceptors (Lipinski definition) is 9. The number of nitriles is 1. The molecule has 2 aromatic carbocycles. The lowest BCUT2D eigenvalue weighted by molar-refractivity contribution is -0.237. The van der Waals surface area contributed by atoms with Crippen LogP contribution in [0.4, 0.5) is 0 Å². The van der Waals surface area contributed by atoms with Gasteiger partial charge >= 0.3 is 12.0 Å². The summed E-state index contributed by atoms with van der Waals surface area (Å²) in [6.07, 6.45) is -0.500. The molecule has 3 rings (SSSR count). The number of aliphatic imine (C=N–C) groups is 1. The number of fused-ring (bicyclic) bond motifs is 1. The predicted molar refractivity (Wildman–Crippen MR) is 117 cm³/mol. The monoisotopic (exact) mass is 455 g/mol. The van der Waals surface area contributed by atoms with E-state index in [2.05, 4.69) is 10.3 Å². The smallest absolute Gasteiger partial charge is 0.337 e. The number of esters is 1. The Bertz CT molecular complexity index is 1050. The van der Waals surface area contributed by atoms with Crippen LogP contribution in [0.3, 0.4) is 0 Å². The molecule has 0 fully saturated rings. The van der Waals surface area contributed by atoms with E-state index in [0.29, 0.717) is 17.1 Å². The number of rotatable bonds is 6. The number of benzene rings is 2. The fraction of sp³-hybridized carbons (Fsp3) is 0.348. The maximum Gasteiger partial charge on any atom is 0.337 e. The summed E-state index contributed by atoms with van der Waals surface area (Å²) in [5.41, 5.74) is -0.755. The van der Waals surface area contributed by atoms with Gasteiger partial charge < -0.3 is 28.8 Å². The molecule has 1 aliphatic rings. The van der Waals surface area contributed by atoms with Crippen molar-refractivity contribution >= 4 is 12.0 Å². The number of nitrogens with one attached hydrogen (secondary N) is 1. The first kappa shape index (κ1) is 24.0. The molecule has 0 radical (unpaired) electrons. The maximum absolute atomic E-state index is 12.1. The number of ether oxygens (including phenoxy) is 5. The topological polar surface area (TPSA) is 132 Å². The van der Waals surface area contributed by atoms with Crippen LogP contribution in [0.5, 0.6) is 11.5 Å². The van der Waals surface area contributed by atoms with E-state index in [4.69, 9.17) is 23.7 Å². The van der Waals surface area contributed by atoms with Gasteiger partial charge in [-0.2, -0.15) is 5.26 Å². The third-order valence-corrected chi connectivity index (χ3v) is 5.24. The highest BCUT2D eigenvalue weighted by molar-refractivity contribution is 5.90. The average molecular weight is 455 g/mol. The van der Waals surface area contributed by atoms with E-state index in [9.17, 15) is 15.2 Å². The summed E-state index contributed by atoms with van der Waals surface area (Å²) in [4.78, 5) is 16.6. The van der Waals surface area contributed by atoms with Crippen molar-refractivity contribution in [2.45, 2.75) is 31.0 Å². The van der Waals surface area contributed by atoms with Gasteiger partial charge in [-0.1, -0.05) is 18.2 Å². The van der Waals surface area contributed by atoms with Crippen molar-refractivity contribution in [2.75, 3.05) is 21.3 Å². The number of amidine groups is 1. The third-order valence-electron chi connectivity index (χ3n) is 5.24. The molecule has 0 amide bonds. The Morgan fingerprint density at radius 3 is 2.52 bits per heavy atom. The summed E-state index contributed by atoms with van der Waals surface area (Å²) >= 11 is 0. The predicted octanol–water partition coefficient (Wildman–Crippen LogP) is 2.15. The van der Waals surface area contributed by atoms with Crippen LogP contribution in [0.25, 0.3) is 0 Å². The summed E-state index contributed by atoms with van der Waals surface area (Å²) in [5.74, 6) is 0.212. The molecule has 0 saturated carbocycles. The van der Waals surface area contributed by atoms with E-state index in [1.165, 1.54) is 33.5 Å². The summed E-state index contributed by atoms with van der Waals surface area (Å²) < 4.78 is 27.4. The van der Waals surface area contributed by atoms with E-state index in [1.54, 1.807) is 43.4 Å². The molecular formula is C23H25N3O7. The quantitative estimate of drug-likeness (QED) is 0.168. The van der Waals surface area contributed by atoms with E-state index >= 15 is 0 Å². The van der Waals surface area contributed by atoms with Crippen molar-refractivity contribution < 1.29 is 33.6 Å². The van der Waals surface area contributed by atoms with Gasteiger partial charge in [0.1, 0.15) is 23.6 Å². The molecule has 1 heterocycles. The molecule has 0 spiro atoms. The van der Waals surface area contributed by atoms with Crippen LogP contribution in [0.1, 0.15) is 28.9 Å². The van der Waals surface area contributed by atoms with Gasteiger partial charge in [-0.3, -0.25) is 0 Å². The van der Waals surface area contributed by atoms with Crippen LogP contribution in [0.15, 0.2) is 53.5 Å². The molecule has 10 nitrogen and oxygen atoms in total. The number of aliphatic hydroxyl groups is 1. The standard InChI is InChI=1S/C23H25N3O7/c1-23(21(30-3)31-4)19(27)18(16-12-14(20(28)29-2)10-11-17(16)33-23)26-22(25-13-24)32-15-8-6-5-7-9-15/h5-12,18-19,21,27H,1-4H3,(H,25,26). The highest BCUT2D eigenvalue weighted by Gasteiger charge is 2.52. The lowest BCUT2D eigenvalue weighted by Crippen LogP contribution is -2.59. The number of hydrogen-bond donors (Lipinski definition) is 2. The zero-order chi connectivity index (χ0) is 24.0. The number of aliphatic hydroxyl groups excluding tert-OH is 1. The molecule has 3 unspecified atom stereocenters. The first-order chi connectivity index (χ1) is 15.9. The van der Waals surface area contributed by atoms with Crippen molar-refractivity contribution in [2.24, 2.45) is 4.99 Å². The Morgan fingerprint density at radius 2 is 1.91 bits per heavy atom. The van der Waals surface area contributed by atoms with Crippen molar-refractivity contribution in [3.05, 3.63) is 59.7 Å². The van der Waals surface area contributed by atoms with E-state index in [0.717, 1.165) is 0 Å². The maximum atomic E-state index is 12.1. The molecule has 2 aromatic rings. The minimum atomic E-state index is -1.39. The number of carbonyl (C=O) groups excluding carboxylic acids is 1. The number of methoxy groups -OCH3 is 3. The average Bonchev–Trinajstić information content (AvgIpc) is 2.82. The second kappa shape index (κ2) is 10.3. The highest BCUT2D eigenvalue weighted by Crippen LogP contribution is 2.44. The number of para-hydroxylation sites is 1. The Morgan fingerprint density at radius 1 is 1.21 bits per heavy atom. The lowest BCUT2D eigenvalue weighted by atomic mass is 9.84. The van der Waals surface area contributed by atoms with Crippen molar-refractivity contribution in [3.63, 3.8) is 0 Å². The molecular weight excluding hydrogens is 430 g/mol. The molecule has 2 N–H and O–H groups in total. The van der Waals surface area contributed by atoms with Crippen molar-refractivity contribution in [1.29, 1.82) is 5.26 Å². The first-order valence-electron chi connectivity index (χ1n) is 9.98. The van der Waals surface area contributed by atoms with Gasteiger partial charge in [-0.15, -0.1) is 0 Å². The van der Waals surface area contributed by atoms with Crippen LogP contribution in [-0.4, -0.2) is 56.4 Å². The molecule has 0 aromatic heterocycles. The van der Waals surface area contributed by atoms with Crippen LogP contribution in [0, 0.1) is 11.5 Å². The normalized spacial score (nSPS) is 22.0. The minimum Gasteiger partial charge on any atom is -0.479 e. The Labute approximate surface area is 191 Å². The Kier molecular flexibility index (Phi) is 7.50. The molecule has 1 aliphatic heterocycles. The summed E-state index contributed by atoms with van der Waals surface area (Å²) in [7, 11) is 4.11. The third kappa shape index (κ3) is 4.90. The van der Waals surface area contributed by atoms with Crippen LogP contribution >= 0.6 is 0 Å².